The van der Waals surface area contributed by atoms with Crippen LogP contribution >= 0.6 is 24.0 Å². The summed E-state index contributed by atoms with van der Waals surface area (Å²) < 4.78 is 12.1. The first-order valence-electron chi connectivity index (χ1n) is 9.99. The highest BCUT2D eigenvalue weighted by Crippen LogP contribution is 2.52. The van der Waals surface area contributed by atoms with Gasteiger partial charge in [-0.3, -0.25) is 4.99 Å². The van der Waals surface area contributed by atoms with Crippen LogP contribution in [0.1, 0.15) is 52.2 Å². The zero-order valence-electron chi connectivity index (χ0n) is 18.3. The highest BCUT2D eigenvalue weighted by atomic mass is 127. The maximum absolute atomic E-state index is 6.17. The molecule has 0 radical (unpaired) electrons. The van der Waals surface area contributed by atoms with E-state index in [0.717, 1.165) is 30.3 Å². The predicted octanol–water partition coefficient (Wildman–Crippen LogP) is 4.27. The molecule has 1 aliphatic heterocycles. The summed E-state index contributed by atoms with van der Waals surface area (Å²) in [4.78, 5) is 4.44. The van der Waals surface area contributed by atoms with E-state index in [-0.39, 0.29) is 35.0 Å². The van der Waals surface area contributed by atoms with Gasteiger partial charge in [-0.05, 0) is 45.7 Å². The van der Waals surface area contributed by atoms with Crippen molar-refractivity contribution in [2.24, 2.45) is 16.3 Å². The largest absolute Gasteiger partial charge is 0.488 e. The van der Waals surface area contributed by atoms with Gasteiger partial charge in [-0.1, -0.05) is 26.0 Å². The summed E-state index contributed by atoms with van der Waals surface area (Å²) in [5, 5.41) is 7.10. The van der Waals surface area contributed by atoms with Crippen molar-refractivity contribution in [3.63, 3.8) is 0 Å². The predicted molar refractivity (Wildman–Crippen MR) is 126 cm³/mol. The first-order chi connectivity index (χ1) is 12.6. The second kappa shape index (κ2) is 8.78. The number of aryl methyl sites for hydroxylation is 1. The fraction of sp³-hybridized carbons (Fsp3) is 0.682. The average Bonchev–Trinajstić information content (AvgIpc) is 3.02. The van der Waals surface area contributed by atoms with Gasteiger partial charge in [0.2, 0.25) is 0 Å². The Morgan fingerprint density at radius 1 is 1.32 bits per heavy atom. The molecule has 1 aromatic carbocycles. The SMILES string of the molecule is CN=C(NCc1ccc(C)cc1OC(C)(C)C)NC1C2CCOC2C1(C)C.I. The van der Waals surface area contributed by atoms with E-state index < -0.39 is 0 Å². The number of rotatable bonds is 4. The molecule has 2 aliphatic rings. The van der Waals surface area contributed by atoms with Crippen LogP contribution in [0.15, 0.2) is 23.2 Å². The zero-order chi connectivity index (χ0) is 19.8. The maximum atomic E-state index is 6.17. The molecular formula is C22H36IN3O2. The number of hydrogen-bond donors (Lipinski definition) is 2. The van der Waals surface area contributed by atoms with Crippen LogP contribution in [0.25, 0.3) is 0 Å². The van der Waals surface area contributed by atoms with Gasteiger partial charge in [0.1, 0.15) is 11.4 Å². The lowest BCUT2D eigenvalue weighted by Crippen LogP contribution is -2.67. The van der Waals surface area contributed by atoms with Crippen molar-refractivity contribution in [1.82, 2.24) is 10.6 Å². The van der Waals surface area contributed by atoms with E-state index >= 15 is 0 Å². The van der Waals surface area contributed by atoms with Crippen LogP contribution in [-0.4, -0.2) is 37.4 Å². The Morgan fingerprint density at radius 3 is 2.68 bits per heavy atom. The van der Waals surface area contributed by atoms with E-state index in [0.29, 0.717) is 24.6 Å². The highest BCUT2D eigenvalue weighted by molar-refractivity contribution is 14.0. The molecule has 3 unspecified atom stereocenters. The standard InChI is InChI=1S/C22H35N3O2.HI/c1-14-8-9-15(17(12-14)27-21(2,3)4)13-24-20(23-7)25-18-16-10-11-26-19(16)22(18,5)6;/h8-9,12,16,18-19H,10-11,13H2,1-7H3,(H2,23,24,25);1H. The fourth-order valence-corrected chi connectivity index (χ4v) is 4.37. The average molecular weight is 501 g/mol. The number of fused-ring (bicyclic) bond motifs is 1. The zero-order valence-corrected chi connectivity index (χ0v) is 20.6. The van der Waals surface area contributed by atoms with Crippen molar-refractivity contribution in [3.8, 4) is 5.75 Å². The Labute approximate surface area is 187 Å². The van der Waals surface area contributed by atoms with Gasteiger partial charge in [0.25, 0.3) is 0 Å². The number of nitrogens with zero attached hydrogens (tertiary/aromatic N) is 1. The molecule has 28 heavy (non-hydrogen) atoms. The molecule has 2 fully saturated rings. The lowest BCUT2D eigenvalue weighted by Gasteiger charge is -2.54. The molecule has 5 nitrogen and oxygen atoms in total. The van der Waals surface area contributed by atoms with Gasteiger partial charge >= 0.3 is 0 Å². The van der Waals surface area contributed by atoms with E-state index in [9.17, 15) is 0 Å². The maximum Gasteiger partial charge on any atom is 0.191 e. The van der Waals surface area contributed by atoms with Gasteiger partial charge in [0.05, 0.1) is 6.10 Å². The lowest BCUT2D eigenvalue weighted by atomic mass is 9.57. The highest BCUT2D eigenvalue weighted by Gasteiger charge is 2.59. The number of hydrogen-bond acceptors (Lipinski definition) is 3. The summed E-state index contributed by atoms with van der Waals surface area (Å²) in [6, 6.07) is 6.75. The quantitative estimate of drug-likeness (QED) is 0.368. The van der Waals surface area contributed by atoms with E-state index in [2.05, 4.69) is 75.4 Å². The number of ether oxygens (including phenoxy) is 2. The van der Waals surface area contributed by atoms with E-state index in [1.807, 2.05) is 7.05 Å². The van der Waals surface area contributed by atoms with Crippen molar-refractivity contribution in [1.29, 1.82) is 0 Å². The number of halogens is 1. The van der Waals surface area contributed by atoms with Crippen LogP contribution in [0.3, 0.4) is 0 Å². The van der Waals surface area contributed by atoms with E-state index in [1.165, 1.54) is 5.56 Å². The van der Waals surface area contributed by atoms with E-state index in [4.69, 9.17) is 9.47 Å². The number of nitrogens with one attached hydrogen (secondary N) is 2. The molecule has 158 valence electrons. The molecule has 0 bridgehead atoms. The first kappa shape index (κ1) is 23.3. The molecule has 3 rings (SSSR count). The molecule has 1 heterocycles. The van der Waals surface area contributed by atoms with Crippen molar-refractivity contribution < 1.29 is 9.47 Å². The molecule has 6 heteroatoms. The van der Waals surface area contributed by atoms with Gasteiger partial charge in [0.15, 0.2) is 5.96 Å². The molecule has 2 N–H and O–H groups in total. The van der Waals surface area contributed by atoms with Crippen molar-refractivity contribution in [3.05, 3.63) is 29.3 Å². The second-order valence-corrected chi connectivity index (χ2v) is 9.44. The monoisotopic (exact) mass is 501 g/mol. The fourth-order valence-electron chi connectivity index (χ4n) is 4.37. The molecular weight excluding hydrogens is 465 g/mol. The van der Waals surface area contributed by atoms with Crippen LogP contribution in [-0.2, 0) is 11.3 Å². The molecule has 0 aromatic heterocycles. The summed E-state index contributed by atoms with van der Waals surface area (Å²) in [5.74, 6) is 2.34. The molecule has 1 saturated carbocycles. The van der Waals surface area contributed by atoms with Crippen LogP contribution < -0.4 is 15.4 Å². The minimum atomic E-state index is -0.226. The molecule has 1 aliphatic carbocycles. The minimum absolute atomic E-state index is 0. The van der Waals surface area contributed by atoms with Crippen LogP contribution in [0.2, 0.25) is 0 Å². The van der Waals surface area contributed by atoms with Crippen LogP contribution in [0.5, 0.6) is 5.75 Å². The van der Waals surface area contributed by atoms with Gasteiger partial charge < -0.3 is 20.1 Å². The normalized spacial score (nSPS) is 26.0. The summed E-state index contributed by atoms with van der Waals surface area (Å²) >= 11 is 0. The molecule has 1 aromatic rings. The topological polar surface area (TPSA) is 54.9 Å². The summed E-state index contributed by atoms with van der Waals surface area (Å²) in [7, 11) is 1.82. The second-order valence-electron chi connectivity index (χ2n) is 9.44. The minimum Gasteiger partial charge on any atom is -0.488 e. The molecule has 0 spiro atoms. The number of guanidine groups is 1. The third-order valence-corrected chi connectivity index (χ3v) is 5.70. The Hall–Kier alpha value is -1.02. The third-order valence-electron chi connectivity index (χ3n) is 5.70. The third kappa shape index (κ3) is 4.93. The first-order valence-corrected chi connectivity index (χ1v) is 9.99. The Morgan fingerprint density at radius 2 is 2.04 bits per heavy atom. The van der Waals surface area contributed by atoms with E-state index in [1.54, 1.807) is 0 Å². The van der Waals surface area contributed by atoms with Crippen molar-refractivity contribution in [2.75, 3.05) is 13.7 Å². The van der Waals surface area contributed by atoms with Gasteiger partial charge in [-0.25, -0.2) is 0 Å². The van der Waals surface area contributed by atoms with Gasteiger partial charge in [-0.2, -0.15) is 0 Å². The number of benzene rings is 1. The summed E-state index contributed by atoms with van der Waals surface area (Å²) in [5.41, 5.74) is 2.23. The van der Waals surface area contributed by atoms with Gasteiger partial charge in [-0.15, -0.1) is 24.0 Å². The van der Waals surface area contributed by atoms with Crippen LogP contribution in [0.4, 0.5) is 0 Å². The molecule has 1 saturated heterocycles. The lowest BCUT2D eigenvalue weighted by molar-refractivity contribution is -0.106. The molecule has 3 atom stereocenters. The smallest absolute Gasteiger partial charge is 0.191 e. The van der Waals surface area contributed by atoms with Crippen molar-refractivity contribution in [2.45, 2.75) is 72.3 Å². The summed E-state index contributed by atoms with van der Waals surface area (Å²) in [6.07, 6.45) is 1.50. The molecule has 0 amide bonds. The van der Waals surface area contributed by atoms with Crippen molar-refractivity contribution >= 4 is 29.9 Å². The number of aliphatic imine (C=N–C) groups is 1. The van der Waals surface area contributed by atoms with Crippen LogP contribution in [0, 0.1) is 18.3 Å². The Bertz CT molecular complexity index is 712. The Kier molecular flexibility index (Phi) is 7.29. The summed E-state index contributed by atoms with van der Waals surface area (Å²) in [6.45, 7) is 14.4. The Balaban J connectivity index is 0.00000280. The van der Waals surface area contributed by atoms with Gasteiger partial charge in [0, 0.05) is 43.1 Å².